The summed E-state index contributed by atoms with van der Waals surface area (Å²) in [6.07, 6.45) is 2.71. The normalized spacial score (nSPS) is 15.0. The van der Waals surface area contributed by atoms with E-state index in [1.165, 1.54) is 6.92 Å². The van der Waals surface area contributed by atoms with Gasteiger partial charge in [0.25, 0.3) is 0 Å². The zero-order chi connectivity index (χ0) is 35.7. The van der Waals surface area contributed by atoms with Crippen LogP contribution in [0, 0.1) is 17.8 Å². The monoisotopic (exact) mass is 660 g/mol. The van der Waals surface area contributed by atoms with Crippen molar-refractivity contribution < 1.29 is 33.9 Å². The van der Waals surface area contributed by atoms with Crippen LogP contribution >= 0.6 is 0 Å². The molecule has 13 nitrogen and oxygen atoms in total. The second kappa shape index (κ2) is 21.0. The Morgan fingerprint density at radius 2 is 1.28 bits per heavy atom. The Kier molecular flexibility index (Phi) is 18.3. The van der Waals surface area contributed by atoms with Crippen molar-refractivity contribution in [1.82, 2.24) is 26.6 Å². The third kappa shape index (κ3) is 14.5. The number of nitrogens with one attached hydrogen (secondary N) is 5. The Labute approximate surface area is 279 Å². The van der Waals surface area contributed by atoms with Crippen LogP contribution in [-0.4, -0.2) is 77.4 Å². The first-order valence-corrected chi connectivity index (χ1v) is 16.6. The summed E-state index contributed by atoms with van der Waals surface area (Å²) in [5.74, 6) is -4.88. The lowest BCUT2D eigenvalue weighted by Crippen LogP contribution is -2.60. The summed E-state index contributed by atoms with van der Waals surface area (Å²) in [7, 11) is 0. The summed E-state index contributed by atoms with van der Waals surface area (Å²) in [5.41, 5.74) is 6.67. The van der Waals surface area contributed by atoms with Crippen molar-refractivity contribution in [1.29, 1.82) is 0 Å². The molecule has 1 unspecified atom stereocenters. The van der Waals surface area contributed by atoms with Crippen molar-refractivity contribution in [2.75, 3.05) is 6.54 Å². The molecular formula is C34H56N6O7. The van der Waals surface area contributed by atoms with Crippen LogP contribution in [0.2, 0.25) is 0 Å². The lowest BCUT2D eigenvalue weighted by atomic mass is 9.96. The van der Waals surface area contributed by atoms with Gasteiger partial charge in [0.05, 0.1) is 0 Å². The van der Waals surface area contributed by atoms with Crippen molar-refractivity contribution in [2.45, 2.75) is 117 Å². The molecule has 47 heavy (non-hydrogen) atoms. The Bertz CT molecular complexity index is 1180. The molecule has 0 bridgehead atoms. The van der Waals surface area contributed by atoms with Crippen LogP contribution in [0.3, 0.4) is 0 Å². The van der Waals surface area contributed by atoms with E-state index in [0.29, 0.717) is 32.2 Å². The van der Waals surface area contributed by atoms with Gasteiger partial charge in [0.15, 0.2) is 0 Å². The van der Waals surface area contributed by atoms with Gasteiger partial charge >= 0.3 is 5.97 Å². The number of hydrogen-bond donors (Lipinski definition) is 7. The molecule has 6 atom stereocenters. The van der Waals surface area contributed by atoms with Gasteiger partial charge in [0.2, 0.25) is 29.5 Å². The minimum Gasteiger partial charge on any atom is -0.480 e. The number of rotatable bonds is 21. The van der Waals surface area contributed by atoms with Gasteiger partial charge in [-0.05, 0) is 62.5 Å². The molecule has 0 radical (unpaired) electrons. The summed E-state index contributed by atoms with van der Waals surface area (Å²) in [4.78, 5) is 77.4. The molecule has 0 aliphatic rings. The lowest BCUT2D eigenvalue weighted by molar-refractivity contribution is -0.143. The summed E-state index contributed by atoms with van der Waals surface area (Å²) < 4.78 is 0. The largest absolute Gasteiger partial charge is 0.480 e. The van der Waals surface area contributed by atoms with Crippen molar-refractivity contribution in [3.63, 3.8) is 0 Å². The number of unbranched alkanes of at least 4 members (excludes halogenated alkanes) is 1. The maximum Gasteiger partial charge on any atom is 0.326 e. The first kappa shape index (κ1) is 41.0. The molecule has 0 aromatic heterocycles. The van der Waals surface area contributed by atoms with Crippen molar-refractivity contribution >= 4 is 35.5 Å². The molecule has 8 N–H and O–H groups in total. The number of carbonyl (C=O) groups is 6. The van der Waals surface area contributed by atoms with Crippen LogP contribution < -0.4 is 32.3 Å². The number of carboxylic acids is 1. The zero-order valence-corrected chi connectivity index (χ0v) is 28.9. The van der Waals surface area contributed by atoms with Crippen LogP contribution in [0.25, 0.3) is 0 Å². The maximum absolute atomic E-state index is 13.6. The Hall–Kier alpha value is -4.00. The number of amides is 5. The van der Waals surface area contributed by atoms with Gasteiger partial charge in [-0.25, -0.2) is 4.79 Å². The van der Waals surface area contributed by atoms with Crippen LogP contribution in [0.1, 0.15) is 86.1 Å². The zero-order valence-electron chi connectivity index (χ0n) is 28.9. The quantitative estimate of drug-likeness (QED) is 0.0962. The molecule has 0 heterocycles. The lowest BCUT2D eigenvalue weighted by Gasteiger charge is -2.29. The Morgan fingerprint density at radius 1 is 0.702 bits per heavy atom. The van der Waals surface area contributed by atoms with Crippen LogP contribution in [0.5, 0.6) is 0 Å². The van der Waals surface area contributed by atoms with Gasteiger partial charge < -0.3 is 37.4 Å². The molecule has 0 fully saturated rings. The molecule has 1 rings (SSSR count). The number of aliphatic carboxylic acids is 1. The average Bonchev–Trinajstić information content (AvgIpc) is 3.02. The molecule has 0 aliphatic heterocycles. The smallest absolute Gasteiger partial charge is 0.326 e. The molecule has 0 saturated heterocycles. The number of carbonyl (C=O) groups excluding carboxylic acids is 5. The number of nitrogens with two attached hydrogens (primary N) is 1. The van der Waals surface area contributed by atoms with Crippen molar-refractivity contribution in [3.8, 4) is 0 Å². The molecule has 1 aromatic carbocycles. The van der Waals surface area contributed by atoms with Crippen LogP contribution in [-0.2, 0) is 35.2 Å². The highest BCUT2D eigenvalue weighted by Gasteiger charge is 2.33. The highest BCUT2D eigenvalue weighted by molar-refractivity contribution is 5.96. The minimum absolute atomic E-state index is 0.195. The highest BCUT2D eigenvalue weighted by Crippen LogP contribution is 2.12. The highest BCUT2D eigenvalue weighted by atomic mass is 16.4. The third-order valence-corrected chi connectivity index (χ3v) is 8.10. The SMILES string of the molecule is CCC(C)[C@H](NC(=O)CCc1ccccc1)C(=O)N[C@@H](CCCCN)C(=O)N[C@H](C(=O)N[C@@H](C)C(=O)N[C@H](C(=O)O)C(C)C)C(C)C. The standard InChI is InChI=1S/C34H56N6O7/c1-8-22(6)29(38-26(41)18-17-24-14-10-9-11-15-24)33(45)37-25(16-12-13-19-35)31(43)39-27(20(2)3)32(44)36-23(7)30(42)40-28(21(4)5)34(46)47/h9-11,14-15,20-23,25,27-29H,8,12-13,16-19,35H2,1-7H3,(H,36,44)(H,37,45)(H,38,41)(H,39,43)(H,40,42)(H,46,47)/t22?,23-,25-,27-,28-,29-/m0/s1. The number of aryl methyl sites for hydroxylation is 1. The number of carboxylic acid groups (broad SMARTS) is 1. The van der Waals surface area contributed by atoms with E-state index in [9.17, 15) is 33.9 Å². The first-order chi connectivity index (χ1) is 22.1. The molecule has 264 valence electrons. The predicted octanol–water partition coefficient (Wildman–Crippen LogP) is 1.63. The molecule has 0 saturated carbocycles. The topological polar surface area (TPSA) is 209 Å². The van der Waals surface area contributed by atoms with E-state index in [4.69, 9.17) is 5.73 Å². The summed E-state index contributed by atoms with van der Waals surface area (Å²) in [6, 6.07) is 4.38. The van der Waals surface area contributed by atoms with E-state index in [0.717, 1.165) is 5.56 Å². The van der Waals surface area contributed by atoms with E-state index in [2.05, 4.69) is 26.6 Å². The molecule has 5 amide bonds. The predicted molar refractivity (Wildman–Crippen MR) is 180 cm³/mol. The summed E-state index contributed by atoms with van der Waals surface area (Å²) in [6.45, 7) is 12.3. The van der Waals surface area contributed by atoms with E-state index in [1.807, 2.05) is 44.2 Å². The minimum atomic E-state index is -1.19. The second-order valence-corrected chi connectivity index (χ2v) is 12.8. The van der Waals surface area contributed by atoms with Gasteiger partial charge in [-0.1, -0.05) is 78.3 Å². The molecule has 0 spiro atoms. The second-order valence-electron chi connectivity index (χ2n) is 12.8. The fraction of sp³-hybridized carbons (Fsp3) is 0.647. The van der Waals surface area contributed by atoms with E-state index >= 15 is 0 Å². The molecule has 13 heteroatoms. The molecule has 0 aliphatic carbocycles. The Morgan fingerprint density at radius 3 is 1.81 bits per heavy atom. The third-order valence-electron chi connectivity index (χ3n) is 8.10. The molecular weight excluding hydrogens is 604 g/mol. The molecule has 1 aromatic rings. The number of hydrogen-bond acceptors (Lipinski definition) is 7. The average molecular weight is 661 g/mol. The fourth-order valence-corrected chi connectivity index (χ4v) is 4.82. The first-order valence-electron chi connectivity index (χ1n) is 16.6. The van der Waals surface area contributed by atoms with Crippen molar-refractivity contribution in [3.05, 3.63) is 35.9 Å². The summed E-state index contributed by atoms with van der Waals surface area (Å²) in [5, 5.41) is 22.7. The fourth-order valence-electron chi connectivity index (χ4n) is 4.82. The van der Waals surface area contributed by atoms with E-state index in [-0.39, 0.29) is 30.6 Å². The van der Waals surface area contributed by atoms with Gasteiger partial charge in [-0.2, -0.15) is 0 Å². The van der Waals surface area contributed by atoms with E-state index < -0.39 is 65.7 Å². The van der Waals surface area contributed by atoms with Crippen molar-refractivity contribution in [2.24, 2.45) is 23.5 Å². The van der Waals surface area contributed by atoms with Crippen LogP contribution in [0.4, 0.5) is 0 Å². The number of benzene rings is 1. The summed E-state index contributed by atoms with van der Waals surface area (Å²) >= 11 is 0. The van der Waals surface area contributed by atoms with Crippen LogP contribution in [0.15, 0.2) is 30.3 Å². The van der Waals surface area contributed by atoms with E-state index in [1.54, 1.807) is 27.7 Å². The van der Waals surface area contributed by atoms with Gasteiger partial charge in [-0.15, -0.1) is 0 Å². The van der Waals surface area contributed by atoms with Gasteiger partial charge in [0.1, 0.15) is 30.2 Å². The Balaban J connectivity index is 3.03. The van der Waals surface area contributed by atoms with Gasteiger partial charge in [-0.3, -0.25) is 24.0 Å². The maximum atomic E-state index is 13.6. The van der Waals surface area contributed by atoms with Gasteiger partial charge in [0, 0.05) is 6.42 Å².